The molecule has 4 rings (SSSR count). The zero-order valence-electron chi connectivity index (χ0n) is 20.7. The molecule has 0 fully saturated rings. The third-order valence-electron chi connectivity index (χ3n) is 4.15. The molecule has 0 spiro atoms. The molecule has 4 heteroatoms. The third kappa shape index (κ3) is 2.99. The van der Waals surface area contributed by atoms with Gasteiger partial charge in [0.25, 0.3) is 0 Å². The predicted molar refractivity (Wildman–Crippen MR) is 106 cm³/mol. The summed E-state index contributed by atoms with van der Waals surface area (Å²) in [5.74, 6) is -1.34. The van der Waals surface area contributed by atoms with E-state index < -0.39 is 35.7 Å². The van der Waals surface area contributed by atoms with Crippen LogP contribution in [0.25, 0.3) is 33.4 Å². The van der Waals surface area contributed by atoms with Crippen LogP contribution in [0.5, 0.6) is 0 Å². The smallest absolute Gasteiger partial charge is 0.336 e. The number of fused-ring (bicyclic) bond motifs is 2. The molecule has 0 radical (unpaired) electrons. The van der Waals surface area contributed by atoms with E-state index in [1.165, 1.54) is 6.07 Å². The van der Waals surface area contributed by atoms with Gasteiger partial charge in [0, 0.05) is 29.1 Å². The molecule has 1 heterocycles. The van der Waals surface area contributed by atoms with Crippen molar-refractivity contribution in [2.75, 3.05) is 6.54 Å². The molecule has 4 nitrogen and oxygen atoms in total. The van der Waals surface area contributed by atoms with E-state index in [-0.39, 0.29) is 45.5 Å². The predicted octanol–water partition coefficient (Wildman–Crippen LogP) is 5.13. The number of carbonyl (C=O) groups is 1. The molecule has 0 amide bonds. The van der Waals surface area contributed by atoms with Crippen molar-refractivity contribution < 1.29 is 22.5 Å². The highest BCUT2D eigenvalue weighted by molar-refractivity contribution is 6.07. The fourth-order valence-electron chi connectivity index (χ4n) is 3.02. The lowest BCUT2D eigenvalue weighted by molar-refractivity contribution is 0.0697. The second kappa shape index (κ2) is 6.72. The molecule has 2 aliphatic rings. The average Bonchev–Trinajstić information content (AvgIpc) is 2.73. The van der Waals surface area contributed by atoms with Gasteiger partial charge >= 0.3 is 5.97 Å². The van der Waals surface area contributed by atoms with Crippen LogP contribution in [0.15, 0.2) is 69.9 Å². The highest BCUT2D eigenvalue weighted by atomic mass is 16.4. The van der Waals surface area contributed by atoms with E-state index in [4.69, 9.17) is 12.6 Å². The third-order valence-corrected chi connectivity index (χ3v) is 4.15. The average molecular weight is 363 g/mol. The summed E-state index contributed by atoms with van der Waals surface area (Å²) in [6, 6.07) is 3.64. The summed E-state index contributed by atoms with van der Waals surface area (Å²) in [6.07, 6.45) is 0. The molecule has 0 saturated heterocycles. The minimum atomic E-state index is -1.54. The Morgan fingerprint density at radius 1 is 1.15 bits per heavy atom. The molecule has 0 aromatic heterocycles. The summed E-state index contributed by atoms with van der Waals surface area (Å²) >= 11 is 0. The highest BCUT2D eigenvalue weighted by Crippen LogP contribution is 2.41. The highest BCUT2D eigenvalue weighted by Gasteiger charge is 2.20. The molecule has 0 atom stereocenters. The van der Waals surface area contributed by atoms with E-state index in [0.717, 1.165) is 5.56 Å². The van der Waals surface area contributed by atoms with Gasteiger partial charge in [-0.05, 0) is 49.2 Å². The van der Waals surface area contributed by atoms with E-state index in [0.29, 0.717) is 11.9 Å². The van der Waals surface area contributed by atoms with Gasteiger partial charge in [0.15, 0.2) is 0 Å². The Hall–Kier alpha value is -3.40. The fraction of sp³-hybridized carbons (Fsp3) is 0.130. The van der Waals surface area contributed by atoms with Crippen molar-refractivity contribution >= 4 is 16.9 Å². The van der Waals surface area contributed by atoms with Gasteiger partial charge in [-0.3, -0.25) is 4.99 Å². The van der Waals surface area contributed by atoms with Crippen molar-refractivity contribution in [3.8, 4) is 22.5 Å². The Morgan fingerprint density at radius 3 is 2.74 bits per heavy atom. The van der Waals surface area contributed by atoms with Crippen molar-refractivity contribution in [3.05, 3.63) is 77.0 Å². The summed E-state index contributed by atoms with van der Waals surface area (Å²) in [7, 11) is 0. The van der Waals surface area contributed by atoms with Crippen LogP contribution in [0.4, 0.5) is 0 Å². The van der Waals surface area contributed by atoms with Gasteiger partial charge in [-0.2, -0.15) is 0 Å². The van der Waals surface area contributed by atoms with E-state index in [1.807, 2.05) is 6.92 Å². The maximum Gasteiger partial charge on any atom is 0.336 e. The first-order chi connectivity index (χ1) is 15.6. The summed E-state index contributed by atoms with van der Waals surface area (Å²) in [4.78, 5) is 16.5. The fourth-order valence-corrected chi connectivity index (χ4v) is 3.02. The van der Waals surface area contributed by atoms with Crippen LogP contribution in [-0.4, -0.2) is 17.6 Å². The van der Waals surface area contributed by atoms with Gasteiger partial charge in [0.05, 0.1) is 19.1 Å². The van der Waals surface area contributed by atoms with Gasteiger partial charge in [0.1, 0.15) is 11.3 Å². The van der Waals surface area contributed by atoms with Gasteiger partial charge in [-0.1, -0.05) is 30.2 Å². The van der Waals surface area contributed by atoms with Crippen molar-refractivity contribution in [2.24, 2.45) is 4.99 Å². The summed E-state index contributed by atoms with van der Waals surface area (Å²) in [5, 5.41) is 10.6. The van der Waals surface area contributed by atoms with Gasteiger partial charge in [-0.25, -0.2) is 4.79 Å². The van der Waals surface area contributed by atoms with Crippen molar-refractivity contribution in [1.82, 2.24) is 0 Å². The van der Waals surface area contributed by atoms with Crippen molar-refractivity contribution in [1.29, 1.82) is 0 Å². The van der Waals surface area contributed by atoms with Crippen LogP contribution < -0.4 is 5.36 Å². The summed E-state index contributed by atoms with van der Waals surface area (Å²) < 4.78 is 56.0. The summed E-state index contributed by atoms with van der Waals surface area (Å²) in [6.45, 7) is 4.08. The molecule has 2 aromatic rings. The lowest BCUT2D eigenvalue weighted by Gasteiger charge is -2.17. The maximum atomic E-state index is 12.2. The van der Waals surface area contributed by atoms with Crippen LogP contribution in [-0.2, 0) is 0 Å². The second-order valence-electron chi connectivity index (χ2n) is 6.02. The molecule has 27 heavy (non-hydrogen) atoms. The molecule has 2 aromatic carbocycles. The molecule has 1 aliphatic heterocycles. The standard InChI is InChI=1S/C23H19NO3/c1-3-24-15-9-11-19-21(13-15)27-20-12-14(2)8-10-18(20)22(19)16-6-4-5-7-17(16)23(25)26/h4-13H,3H2,1-2H3,(H,25,26)/b24-15+/i4D,5D,6D,7D,10D,11D. The van der Waals surface area contributed by atoms with Crippen LogP contribution in [0.1, 0.15) is 31.1 Å². The number of rotatable bonds is 3. The number of benzene rings is 3. The number of carboxylic acid groups (broad SMARTS) is 1. The van der Waals surface area contributed by atoms with Crippen LogP contribution in [0, 0.1) is 6.92 Å². The number of aromatic carboxylic acids is 1. The van der Waals surface area contributed by atoms with E-state index in [1.54, 1.807) is 25.1 Å². The van der Waals surface area contributed by atoms with E-state index >= 15 is 0 Å². The number of nitrogens with zero attached hydrogens (tertiary/aromatic N) is 1. The molecule has 0 saturated carbocycles. The van der Waals surface area contributed by atoms with Crippen LogP contribution >= 0.6 is 0 Å². The summed E-state index contributed by atoms with van der Waals surface area (Å²) in [5.41, 5.74) is 0.229. The topological polar surface area (TPSA) is 62.8 Å². The van der Waals surface area contributed by atoms with Crippen molar-refractivity contribution in [3.63, 3.8) is 0 Å². The van der Waals surface area contributed by atoms with E-state index in [2.05, 4.69) is 4.99 Å². The number of hydrogen-bond donors (Lipinski definition) is 1. The first-order valence-electron chi connectivity index (χ1n) is 11.4. The Labute approximate surface area is 165 Å². The minimum absolute atomic E-state index is 0.0175. The quantitative estimate of drug-likeness (QED) is 0.513. The Morgan fingerprint density at radius 2 is 1.96 bits per heavy atom. The van der Waals surface area contributed by atoms with Crippen LogP contribution in [0.2, 0.25) is 0 Å². The molecule has 1 aliphatic carbocycles. The normalized spacial score (nSPS) is 15.1. The molecular formula is C23H19NO3. The Kier molecular flexibility index (Phi) is 2.82. The lowest BCUT2D eigenvalue weighted by Crippen LogP contribution is -2.05. The lowest BCUT2D eigenvalue weighted by atomic mass is 9.90. The molecule has 0 unspecified atom stereocenters. The van der Waals surface area contributed by atoms with Gasteiger partial charge in [0.2, 0.25) is 0 Å². The first-order valence-corrected chi connectivity index (χ1v) is 8.39. The van der Waals surface area contributed by atoms with Gasteiger partial charge < -0.3 is 9.52 Å². The van der Waals surface area contributed by atoms with Crippen molar-refractivity contribution in [2.45, 2.75) is 13.8 Å². The SMILES string of the molecule is [2H]c1c/c(=N\CC)cc2oc3cc(C)cc([2H])c3c(-c3c([2H])c([2H])c([2H])c([2H])c3C(=O)O)c1-2. The minimum Gasteiger partial charge on any atom is -0.478 e. The largest absolute Gasteiger partial charge is 0.478 e. The van der Waals surface area contributed by atoms with Crippen LogP contribution in [0.3, 0.4) is 0 Å². The zero-order chi connectivity index (χ0) is 24.2. The molecule has 1 N–H and O–H groups in total. The number of hydrogen-bond acceptors (Lipinski definition) is 3. The van der Waals surface area contributed by atoms with Gasteiger partial charge in [-0.15, -0.1) is 0 Å². The Bertz CT molecular complexity index is 1510. The van der Waals surface area contributed by atoms with E-state index in [9.17, 15) is 9.90 Å². The second-order valence-corrected chi connectivity index (χ2v) is 6.02. The zero-order valence-corrected chi connectivity index (χ0v) is 14.7. The Balaban J connectivity index is 2.38. The molecule has 134 valence electrons. The number of aryl methyl sites for hydroxylation is 1. The molecule has 0 bridgehead atoms. The monoisotopic (exact) mass is 363 g/mol. The number of carboxylic acids is 1. The molecular weight excluding hydrogens is 338 g/mol. The maximum absolute atomic E-state index is 12.2. The first kappa shape index (κ1) is 11.3.